The predicted octanol–water partition coefficient (Wildman–Crippen LogP) is 3.69. The van der Waals surface area contributed by atoms with E-state index in [0.29, 0.717) is 11.1 Å². The lowest BCUT2D eigenvalue weighted by atomic mass is 10.0. The zero-order valence-corrected chi connectivity index (χ0v) is 13.9. The molecule has 0 spiro atoms. The van der Waals surface area contributed by atoms with E-state index in [2.05, 4.69) is 35.1 Å². The number of hydrogen-bond donors (Lipinski definition) is 0. The monoisotopic (exact) mass is 324 g/mol. The van der Waals surface area contributed by atoms with Crippen molar-refractivity contribution in [3.63, 3.8) is 0 Å². The number of Topliss-reactive ketones (excluding diaryl/α,β-unsaturated/α-hetero) is 1. The van der Waals surface area contributed by atoms with Crippen LogP contribution >= 0.6 is 0 Å². The Labute approximate surface area is 147 Å². The zero-order chi connectivity index (χ0) is 18.1. The maximum atomic E-state index is 12.2. The summed E-state index contributed by atoms with van der Waals surface area (Å²) >= 11 is 0. The van der Waals surface area contributed by atoms with Crippen molar-refractivity contribution in [2.24, 2.45) is 0 Å². The third kappa shape index (κ3) is 4.66. The van der Waals surface area contributed by atoms with Crippen molar-refractivity contribution in [2.75, 3.05) is 0 Å². The normalized spacial score (nSPS) is 8.84. The minimum atomic E-state index is -0.364. The van der Waals surface area contributed by atoms with E-state index in [-0.39, 0.29) is 11.5 Å². The summed E-state index contributed by atoms with van der Waals surface area (Å²) in [5.74, 6) is 11.2. The molecule has 0 aliphatic rings. The van der Waals surface area contributed by atoms with Crippen LogP contribution in [0.3, 0.4) is 0 Å². The van der Waals surface area contributed by atoms with E-state index in [0.717, 1.165) is 17.5 Å². The Kier molecular flexibility index (Phi) is 6.26. The Balaban J connectivity index is 2.32. The maximum absolute atomic E-state index is 12.2. The number of rotatable bonds is 4. The van der Waals surface area contributed by atoms with Crippen LogP contribution in [0.25, 0.3) is 5.53 Å². The molecule has 120 valence electrons. The van der Waals surface area contributed by atoms with E-state index in [1.165, 1.54) is 6.92 Å². The van der Waals surface area contributed by atoms with Gasteiger partial charge in [0.05, 0.1) is 0 Å². The van der Waals surface area contributed by atoms with Gasteiger partial charge in [0.2, 0.25) is 0 Å². The fourth-order valence-corrected chi connectivity index (χ4v) is 2.20. The molecule has 0 aliphatic heterocycles. The molecule has 3 heteroatoms. The molecule has 3 nitrogen and oxygen atoms in total. The third-order valence-corrected chi connectivity index (χ3v) is 3.49. The molecule has 0 aromatic heterocycles. The van der Waals surface area contributed by atoms with Gasteiger partial charge in [-0.05, 0) is 42.0 Å². The lowest BCUT2D eigenvalue weighted by molar-refractivity contribution is -0.00678. The van der Waals surface area contributed by atoms with Crippen LogP contribution in [0.5, 0.6) is 0 Å². The molecule has 2 aromatic carbocycles. The van der Waals surface area contributed by atoms with E-state index in [1.807, 2.05) is 30.3 Å². The van der Waals surface area contributed by atoms with Gasteiger partial charge in [0.1, 0.15) is 0 Å². The van der Waals surface area contributed by atoms with Crippen LogP contribution in [-0.4, -0.2) is 16.3 Å². The first-order chi connectivity index (χ1) is 12.2. The number of nitrogens with zero attached hydrogens (tertiary/aromatic N) is 2. The van der Waals surface area contributed by atoms with Crippen molar-refractivity contribution >= 4 is 11.5 Å². The number of allylic oxidation sites excluding steroid dienone is 1. The molecular formula is C22H16N2O. The number of hydrogen-bond acceptors (Lipinski definition) is 1. The zero-order valence-electron chi connectivity index (χ0n) is 13.9. The number of ketones is 1. The predicted molar refractivity (Wildman–Crippen MR) is 99.2 cm³/mol. The molecular weight excluding hydrogens is 308 g/mol. The Bertz CT molecular complexity index is 988. The standard InChI is InChI=1S/C22H16N2O/c1-3-10-18-11-4-5-12-19(18)13-6-7-14-20-15-8-9-16-21(20)22(25)17(2)24-23/h3-5,8-9,11-12,15-16H,1,10H2,2H3. The molecule has 0 atom stereocenters. The Morgan fingerprint density at radius 2 is 1.68 bits per heavy atom. The Morgan fingerprint density at radius 3 is 2.36 bits per heavy atom. The first-order valence-electron chi connectivity index (χ1n) is 7.70. The topological polar surface area (TPSA) is 53.5 Å². The number of benzene rings is 2. The van der Waals surface area contributed by atoms with Gasteiger partial charge < -0.3 is 5.53 Å². The highest BCUT2D eigenvalue weighted by Gasteiger charge is 2.18. The van der Waals surface area contributed by atoms with Gasteiger partial charge in [-0.1, -0.05) is 48.2 Å². The van der Waals surface area contributed by atoms with Crippen LogP contribution in [-0.2, 0) is 6.42 Å². The quantitative estimate of drug-likeness (QED) is 0.211. The minimum absolute atomic E-state index is 0.0127. The van der Waals surface area contributed by atoms with E-state index < -0.39 is 0 Å². The fraction of sp³-hybridized carbons (Fsp3) is 0.0909. The summed E-state index contributed by atoms with van der Waals surface area (Å²) in [6.07, 6.45) is 2.58. The van der Waals surface area contributed by atoms with Crippen molar-refractivity contribution in [1.82, 2.24) is 0 Å². The van der Waals surface area contributed by atoms with Crippen molar-refractivity contribution in [3.05, 3.63) is 89.0 Å². The van der Waals surface area contributed by atoms with E-state index in [9.17, 15) is 4.79 Å². The maximum Gasteiger partial charge on any atom is 0.336 e. The largest absolute Gasteiger partial charge is 0.361 e. The average molecular weight is 324 g/mol. The Morgan fingerprint density at radius 1 is 1.08 bits per heavy atom. The molecule has 0 saturated carbocycles. The van der Waals surface area contributed by atoms with Crippen LogP contribution < -0.4 is 0 Å². The summed E-state index contributed by atoms with van der Waals surface area (Å²) < 4.78 is 0. The molecule has 0 fully saturated rings. The van der Waals surface area contributed by atoms with Gasteiger partial charge in [0.15, 0.2) is 0 Å². The van der Waals surface area contributed by atoms with Crippen molar-refractivity contribution < 1.29 is 9.58 Å². The van der Waals surface area contributed by atoms with Crippen molar-refractivity contribution in [1.29, 1.82) is 0 Å². The number of carbonyl (C=O) groups excluding carboxylic acids is 1. The number of carbonyl (C=O) groups is 1. The van der Waals surface area contributed by atoms with Gasteiger partial charge in [-0.2, -0.15) is 4.79 Å². The molecule has 0 N–H and O–H groups in total. The van der Waals surface area contributed by atoms with E-state index in [1.54, 1.807) is 24.3 Å². The summed E-state index contributed by atoms with van der Waals surface area (Å²) in [5, 5.41) is 0. The van der Waals surface area contributed by atoms with Crippen LogP contribution in [0.15, 0.2) is 61.2 Å². The van der Waals surface area contributed by atoms with Crippen LogP contribution in [0.4, 0.5) is 0 Å². The molecule has 0 unspecified atom stereocenters. The summed E-state index contributed by atoms with van der Waals surface area (Å²) in [6.45, 7) is 5.19. The molecule has 25 heavy (non-hydrogen) atoms. The summed E-state index contributed by atoms with van der Waals surface area (Å²) in [5.41, 5.74) is 11.7. The first-order valence-corrected chi connectivity index (χ1v) is 7.70. The van der Waals surface area contributed by atoms with Gasteiger partial charge in [-0.15, -0.1) is 6.58 Å². The average Bonchev–Trinajstić information content (AvgIpc) is 2.65. The van der Waals surface area contributed by atoms with Gasteiger partial charge in [0, 0.05) is 23.6 Å². The van der Waals surface area contributed by atoms with E-state index in [4.69, 9.17) is 5.53 Å². The highest BCUT2D eigenvalue weighted by molar-refractivity contribution is 6.43. The third-order valence-electron chi connectivity index (χ3n) is 3.49. The van der Waals surface area contributed by atoms with Gasteiger partial charge >= 0.3 is 5.71 Å². The lowest BCUT2D eigenvalue weighted by Crippen LogP contribution is -2.12. The molecule has 0 heterocycles. The molecule has 0 radical (unpaired) electrons. The van der Waals surface area contributed by atoms with Crippen molar-refractivity contribution in [2.45, 2.75) is 13.3 Å². The van der Waals surface area contributed by atoms with Gasteiger partial charge in [-0.3, -0.25) is 4.79 Å². The van der Waals surface area contributed by atoms with Crippen LogP contribution in [0.1, 0.15) is 34.0 Å². The van der Waals surface area contributed by atoms with Crippen molar-refractivity contribution in [3.8, 4) is 23.7 Å². The molecule has 2 rings (SSSR count). The smallest absolute Gasteiger partial charge is 0.336 e. The molecule has 0 saturated heterocycles. The second-order valence-electron chi connectivity index (χ2n) is 5.21. The van der Waals surface area contributed by atoms with Crippen LogP contribution in [0.2, 0.25) is 0 Å². The second kappa shape index (κ2) is 8.85. The molecule has 0 amide bonds. The summed E-state index contributed by atoms with van der Waals surface area (Å²) in [6, 6.07) is 14.7. The van der Waals surface area contributed by atoms with Gasteiger partial charge in [0.25, 0.3) is 5.78 Å². The SMILES string of the molecule is C=CCc1ccccc1C#CC#Cc1ccccc1C(=O)C(C)=[N+]=[N-]. The van der Waals surface area contributed by atoms with Crippen LogP contribution in [0, 0.1) is 23.7 Å². The molecule has 0 bridgehead atoms. The first kappa shape index (κ1) is 17.7. The Hall–Kier alpha value is -3.65. The molecule has 2 aromatic rings. The highest BCUT2D eigenvalue weighted by Crippen LogP contribution is 2.09. The minimum Gasteiger partial charge on any atom is -0.361 e. The second-order valence-corrected chi connectivity index (χ2v) is 5.21. The lowest BCUT2D eigenvalue weighted by Gasteiger charge is -1.99. The molecule has 0 aliphatic carbocycles. The van der Waals surface area contributed by atoms with Gasteiger partial charge in [-0.25, -0.2) is 0 Å². The fourth-order valence-electron chi connectivity index (χ4n) is 2.20. The summed E-state index contributed by atoms with van der Waals surface area (Å²) in [7, 11) is 0. The summed E-state index contributed by atoms with van der Waals surface area (Å²) in [4.78, 5) is 15.1. The highest BCUT2D eigenvalue weighted by atomic mass is 16.1. The van der Waals surface area contributed by atoms with E-state index >= 15 is 0 Å².